The van der Waals surface area contributed by atoms with E-state index in [1.165, 1.54) is 11.8 Å². The molecule has 1 aliphatic heterocycles. The van der Waals surface area contributed by atoms with E-state index >= 15 is 0 Å². The lowest BCUT2D eigenvalue weighted by Crippen LogP contribution is -2.43. The molecule has 3 rings (SSSR count). The fourth-order valence-corrected chi connectivity index (χ4v) is 3.80. The van der Waals surface area contributed by atoms with Crippen LogP contribution < -0.4 is 0 Å². The van der Waals surface area contributed by atoms with E-state index in [2.05, 4.69) is 5.10 Å². The summed E-state index contributed by atoms with van der Waals surface area (Å²) < 4.78 is 1.81. The van der Waals surface area contributed by atoms with Crippen molar-refractivity contribution in [3.05, 3.63) is 47.8 Å². The number of hydrogen-bond donors (Lipinski definition) is 1. The van der Waals surface area contributed by atoms with E-state index in [4.69, 9.17) is 5.11 Å². The molecule has 2 aromatic rings. The van der Waals surface area contributed by atoms with Gasteiger partial charge in [-0.15, -0.1) is 0 Å². The smallest absolute Gasteiger partial charge is 0.323 e. The lowest BCUT2D eigenvalue weighted by Gasteiger charge is -2.28. The van der Waals surface area contributed by atoms with Crippen molar-refractivity contribution in [2.45, 2.75) is 39.2 Å². The minimum atomic E-state index is -1.02. The molecule has 2 amide bonds. The van der Waals surface area contributed by atoms with Gasteiger partial charge in [-0.2, -0.15) is 5.10 Å². The minimum absolute atomic E-state index is 0.0537. The van der Waals surface area contributed by atoms with Crippen molar-refractivity contribution in [2.24, 2.45) is 0 Å². The Balaban J connectivity index is 1.67. The number of aryl methyl sites for hydroxylation is 1. The molecule has 1 aliphatic rings. The van der Waals surface area contributed by atoms with Crippen LogP contribution in [-0.2, 0) is 9.59 Å². The number of likely N-dealkylation sites (tertiary alicyclic amines) is 1. The van der Waals surface area contributed by atoms with Gasteiger partial charge < -0.3 is 14.9 Å². The second kappa shape index (κ2) is 8.89. The van der Waals surface area contributed by atoms with Crippen LogP contribution in [0.5, 0.6) is 0 Å². The predicted octanol–water partition coefficient (Wildman–Crippen LogP) is 2.11. The maximum atomic E-state index is 12.9. The average Bonchev–Trinajstić information content (AvgIpc) is 2.97. The van der Waals surface area contributed by atoms with E-state index < -0.39 is 5.97 Å². The third-order valence-electron chi connectivity index (χ3n) is 5.33. The molecular formula is C21H26N4O4. The fraction of sp³-hybridized carbons (Fsp3) is 0.429. The largest absolute Gasteiger partial charge is 0.480 e. The number of benzene rings is 1. The summed E-state index contributed by atoms with van der Waals surface area (Å²) in [6, 6.07) is 9.10. The normalized spacial score (nSPS) is 16.9. The Morgan fingerprint density at radius 3 is 2.45 bits per heavy atom. The van der Waals surface area contributed by atoms with Crippen LogP contribution in [0.4, 0.5) is 0 Å². The van der Waals surface area contributed by atoms with Gasteiger partial charge in [-0.25, -0.2) is 4.68 Å². The Kier molecular flexibility index (Phi) is 6.31. The van der Waals surface area contributed by atoms with E-state index in [0.29, 0.717) is 31.5 Å². The molecule has 0 saturated carbocycles. The zero-order valence-corrected chi connectivity index (χ0v) is 16.7. The number of aromatic nitrogens is 2. The summed E-state index contributed by atoms with van der Waals surface area (Å²) in [6.45, 7) is 4.14. The summed E-state index contributed by atoms with van der Waals surface area (Å²) >= 11 is 0. The molecular weight excluding hydrogens is 372 g/mol. The van der Waals surface area contributed by atoms with E-state index in [0.717, 1.165) is 17.8 Å². The van der Waals surface area contributed by atoms with E-state index in [1.54, 1.807) is 23.2 Å². The number of aliphatic carboxylic acids is 1. The van der Waals surface area contributed by atoms with Crippen molar-refractivity contribution >= 4 is 17.8 Å². The minimum Gasteiger partial charge on any atom is -0.480 e. The summed E-state index contributed by atoms with van der Waals surface area (Å²) in [5, 5.41) is 13.3. The van der Waals surface area contributed by atoms with Crippen LogP contribution >= 0.6 is 0 Å². The van der Waals surface area contributed by atoms with Crippen molar-refractivity contribution in [1.82, 2.24) is 19.6 Å². The molecule has 1 aromatic carbocycles. The molecule has 1 saturated heterocycles. The van der Waals surface area contributed by atoms with Crippen LogP contribution in [0.25, 0.3) is 5.69 Å². The molecule has 2 heterocycles. The molecule has 154 valence electrons. The van der Waals surface area contributed by atoms with Crippen molar-refractivity contribution in [3.63, 3.8) is 0 Å². The monoisotopic (exact) mass is 398 g/mol. The van der Waals surface area contributed by atoms with Crippen LogP contribution in [-0.4, -0.2) is 68.1 Å². The van der Waals surface area contributed by atoms with Gasteiger partial charge in [-0.3, -0.25) is 14.4 Å². The van der Waals surface area contributed by atoms with Crippen LogP contribution in [0.3, 0.4) is 0 Å². The predicted molar refractivity (Wildman–Crippen MR) is 107 cm³/mol. The quantitative estimate of drug-likeness (QED) is 0.832. The summed E-state index contributed by atoms with van der Waals surface area (Å²) in [4.78, 5) is 39.0. The van der Waals surface area contributed by atoms with Crippen molar-refractivity contribution in [1.29, 1.82) is 0 Å². The maximum absolute atomic E-state index is 12.9. The van der Waals surface area contributed by atoms with Gasteiger partial charge in [-0.05, 0) is 56.5 Å². The number of amides is 2. The number of carbonyl (C=O) groups excluding carboxylic acids is 2. The highest BCUT2D eigenvalue weighted by Gasteiger charge is 2.27. The molecule has 1 fully saturated rings. The first kappa shape index (κ1) is 20.6. The molecule has 8 nitrogen and oxygen atoms in total. The maximum Gasteiger partial charge on any atom is 0.323 e. The summed E-state index contributed by atoms with van der Waals surface area (Å²) in [6.07, 6.45) is 3.72. The number of carboxylic acids is 1. The lowest BCUT2D eigenvalue weighted by atomic mass is 10.1. The topological polar surface area (TPSA) is 95.7 Å². The molecule has 0 radical (unpaired) electrons. The number of nitrogens with zero attached hydrogens (tertiary/aromatic N) is 4. The highest BCUT2D eigenvalue weighted by molar-refractivity contribution is 5.94. The van der Waals surface area contributed by atoms with Gasteiger partial charge >= 0.3 is 5.97 Å². The van der Waals surface area contributed by atoms with Crippen molar-refractivity contribution in [2.75, 3.05) is 19.6 Å². The second-order valence-corrected chi connectivity index (χ2v) is 7.35. The van der Waals surface area contributed by atoms with Crippen molar-refractivity contribution < 1.29 is 19.5 Å². The number of carboxylic acid groups (broad SMARTS) is 1. The molecule has 1 unspecified atom stereocenters. The van der Waals surface area contributed by atoms with E-state index in [-0.39, 0.29) is 24.4 Å². The summed E-state index contributed by atoms with van der Waals surface area (Å²) in [5.74, 6) is -1.33. The standard InChI is InChI=1S/C21H26N4O4/c1-15-9-11-22-25(15)19-7-5-17(6-8-19)21(29)23-12-3-4-18(10-13-23)24(16(2)26)14-20(27)28/h5-9,11,18H,3-4,10,12-14H2,1-2H3,(H,27,28). The van der Waals surface area contributed by atoms with E-state index in [1.807, 2.05) is 29.8 Å². The van der Waals surface area contributed by atoms with Gasteiger partial charge in [0, 0.05) is 43.5 Å². The van der Waals surface area contributed by atoms with E-state index in [9.17, 15) is 14.4 Å². The summed E-state index contributed by atoms with van der Waals surface area (Å²) in [5.41, 5.74) is 2.51. The zero-order chi connectivity index (χ0) is 21.0. The average molecular weight is 398 g/mol. The number of carbonyl (C=O) groups is 3. The lowest BCUT2D eigenvalue weighted by molar-refractivity contribution is -0.145. The first-order valence-electron chi connectivity index (χ1n) is 9.76. The molecule has 0 bridgehead atoms. The Labute approximate surface area is 169 Å². The first-order valence-corrected chi connectivity index (χ1v) is 9.76. The second-order valence-electron chi connectivity index (χ2n) is 7.35. The van der Waals surface area contributed by atoms with Crippen molar-refractivity contribution in [3.8, 4) is 5.69 Å². The Morgan fingerprint density at radius 2 is 1.86 bits per heavy atom. The van der Waals surface area contributed by atoms with Gasteiger partial charge in [0.2, 0.25) is 5.91 Å². The Bertz CT molecular complexity index is 890. The van der Waals surface area contributed by atoms with Crippen LogP contribution in [0.15, 0.2) is 36.5 Å². The van der Waals surface area contributed by atoms with Gasteiger partial charge in [0.15, 0.2) is 0 Å². The molecule has 0 spiro atoms. The molecule has 1 N–H and O–H groups in total. The van der Waals surface area contributed by atoms with Gasteiger partial charge in [0.05, 0.1) is 5.69 Å². The van der Waals surface area contributed by atoms with Crippen LogP contribution in [0.1, 0.15) is 42.2 Å². The van der Waals surface area contributed by atoms with Gasteiger partial charge in [0.1, 0.15) is 6.54 Å². The molecule has 1 atom stereocenters. The highest BCUT2D eigenvalue weighted by atomic mass is 16.4. The van der Waals surface area contributed by atoms with Crippen LogP contribution in [0, 0.1) is 6.92 Å². The first-order chi connectivity index (χ1) is 13.9. The highest BCUT2D eigenvalue weighted by Crippen LogP contribution is 2.20. The molecule has 1 aromatic heterocycles. The summed E-state index contributed by atoms with van der Waals surface area (Å²) in [7, 11) is 0. The van der Waals surface area contributed by atoms with Gasteiger partial charge in [-0.1, -0.05) is 0 Å². The Hall–Kier alpha value is -3.16. The molecule has 29 heavy (non-hydrogen) atoms. The number of hydrogen-bond acceptors (Lipinski definition) is 4. The van der Waals surface area contributed by atoms with Crippen LogP contribution in [0.2, 0.25) is 0 Å². The zero-order valence-electron chi connectivity index (χ0n) is 16.7. The third-order valence-corrected chi connectivity index (χ3v) is 5.33. The Morgan fingerprint density at radius 1 is 1.14 bits per heavy atom. The number of rotatable bonds is 5. The van der Waals surface area contributed by atoms with Gasteiger partial charge in [0.25, 0.3) is 5.91 Å². The fourth-order valence-electron chi connectivity index (χ4n) is 3.80. The molecule has 8 heteroatoms. The third kappa shape index (κ3) is 4.82. The molecule has 0 aliphatic carbocycles. The SMILES string of the molecule is CC(=O)N(CC(=O)O)C1CCCN(C(=O)c2ccc(-n3nccc3C)cc2)CC1.